The van der Waals surface area contributed by atoms with Crippen LogP contribution in [0.2, 0.25) is 5.02 Å². The lowest BCUT2D eigenvalue weighted by molar-refractivity contribution is 0.311. The van der Waals surface area contributed by atoms with Gasteiger partial charge in [-0.3, -0.25) is 0 Å². The summed E-state index contributed by atoms with van der Waals surface area (Å²) in [5, 5.41) is 5.29. The van der Waals surface area contributed by atoms with Gasteiger partial charge in [0.15, 0.2) is 0 Å². The lowest BCUT2D eigenvalue weighted by Crippen LogP contribution is -2.33. The predicted molar refractivity (Wildman–Crippen MR) is 70.6 cm³/mol. The van der Waals surface area contributed by atoms with E-state index in [1.165, 1.54) is 0 Å². The molecule has 1 aromatic carbocycles. The van der Waals surface area contributed by atoms with Gasteiger partial charge >= 0.3 is 0 Å². The summed E-state index contributed by atoms with van der Waals surface area (Å²) in [5.74, 6) is 2.26. The highest BCUT2D eigenvalue weighted by Crippen LogP contribution is 2.34. The molecule has 1 aliphatic rings. The van der Waals surface area contributed by atoms with Crippen molar-refractivity contribution >= 4 is 22.6 Å². The molecule has 0 radical (unpaired) electrons. The number of nitrogens with one attached hydrogen (secondary N) is 1. The summed E-state index contributed by atoms with van der Waals surface area (Å²) in [6, 6.07) is 7.94. The second-order valence-electron chi connectivity index (χ2n) is 4.91. The number of hydrogen-bond acceptors (Lipinski definition) is 2. The van der Waals surface area contributed by atoms with Gasteiger partial charge in [0.1, 0.15) is 11.3 Å². The molecule has 0 spiro atoms. The lowest BCUT2D eigenvalue weighted by Gasteiger charge is -2.27. The van der Waals surface area contributed by atoms with E-state index in [1.807, 2.05) is 18.2 Å². The minimum Gasteiger partial charge on any atom is -0.461 e. The molecule has 0 aliphatic carbocycles. The smallest absolute Gasteiger partial charge is 0.134 e. The van der Waals surface area contributed by atoms with Gasteiger partial charge in [-0.05, 0) is 49.7 Å². The van der Waals surface area contributed by atoms with Crippen molar-refractivity contribution in [2.75, 3.05) is 13.1 Å². The summed E-state index contributed by atoms with van der Waals surface area (Å²) in [6.45, 7) is 4.42. The molecule has 0 saturated carbocycles. The second kappa shape index (κ2) is 4.35. The average molecular weight is 250 g/mol. The van der Waals surface area contributed by atoms with Crippen LogP contribution in [0.3, 0.4) is 0 Å². The van der Waals surface area contributed by atoms with Crippen molar-refractivity contribution in [3.63, 3.8) is 0 Å². The molecule has 3 heteroatoms. The Morgan fingerprint density at radius 3 is 3.06 bits per heavy atom. The van der Waals surface area contributed by atoms with E-state index in [1.54, 1.807) is 0 Å². The van der Waals surface area contributed by atoms with Gasteiger partial charge in [0.25, 0.3) is 0 Å². The maximum atomic E-state index is 5.99. The van der Waals surface area contributed by atoms with Gasteiger partial charge in [-0.15, -0.1) is 0 Å². The van der Waals surface area contributed by atoms with Crippen LogP contribution in [0.15, 0.2) is 28.7 Å². The molecule has 1 saturated heterocycles. The summed E-state index contributed by atoms with van der Waals surface area (Å²) < 4.78 is 5.95. The molecule has 1 aromatic heterocycles. The van der Waals surface area contributed by atoms with E-state index < -0.39 is 0 Å². The Bertz CT molecular complexity index is 534. The predicted octanol–water partition coefficient (Wildman–Crippen LogP) is 3.80. The molecule has 2 aromatic rings. The first kappa shape index (κ1) is 11.1. The zero-order valence-corrected chi connectivity index (χ0v) is 10.6. The molecule has 1 fully saturated rings. The third-order valence-corrected chi connectivity index (χ3v) is 3.88. The van der Waals surface area contributed by atoms with Crippen LogP contribution >= 0.6 is 11.6 Å². The minimum absolute atomic E-state index is 0.530. The van der Waals surface area contributed by atoms with Crippen LogP contribution in [0, 0.1) is 5.92 Å². The summed E-state index contributed by atoms with van der Waals surface area (Å²) in [5.41, 5.74) is 0.940. The van der Waals surface area contributed by atoms with Crippen LogP contribution in [-0.4, -0.2) is 13.1 Å². The zero-order chi connectivity index (χ0) is 11.8. The normalized spacial score (nSPS) is 25.3. The fourth-order valence-electron chi connectivity index (χ4n) is 2.65. The highest BCUT2D eigenvalue weighted by Gasteiger charge is 2.25. The number of fused-ring (bicyclic) bond motifs is 1. The monoisotopic (exact) mass is 249 g/mol. The largest absolute Gasteiger partial charge is 0.461 e. The third kappa shape index (κ3) is 2.07. The molecular formula is C14H16ClNO. The van der Waals surface area contributed by atoms with Crippen molar-refractivity contribution in [1.29, 1.82) is 0 Å². The average Bonchev–Trinajstić information content (AvgIpc) is 2.72. The number of halogens is 1. The Morgan fingerprint density at radius 2 is 2.24 bits per heavy atom. The molecule has 0 bridgehead atoms. The molecule has 2 atom stereocenters. The number of furan rings is 1. The molecule has 1 aliphatic heterocycles. The Labute approximate surface area is 106 Å². The van der Waals surface area contributed by atoms with Gasteiger partial charge < -0.3 is 9.73 Å². The van der Waals surface area contributed by atoms with E-state index in [0.29, 0.717) is 11.8 Å². The number of hydrogen-bond donors (Lipinski definition) is 1. The highest BCUT2D eigenvalue weighted by molar-refractivity contribution is 6.31. The minimum atomic E-state index is 0.530. The Hall–Kier alpha value is -0.990. The van der Waals surface area contributed by atoms with Gasteiger partial charge in [-0.1, -0.05) is 18.5 Å². The van der Waals surface area contributed by atoms with Gasteiger partial charge in [0, 0.05) is 16.3 Å². The Kier molecular flexibility index (Phi) is 2.85. The summed E-state index contributed by atoms with van der Waals surface area (Å²) in [4.78, 5) is 0. The van der Waals surface area contributed by atoms with E-state index in [-0.39, 0.29) is 0 Å². The molecule has 17 heavy (non-hydrogen) atoms. The van der Waals surface area contributed by atoms with Crippen molar-refractivity contribution in [2.45, 2.75) is 19.3 Å². The first-order chi connectivity index (χ1) is 8.24. The van der Waals surface area contributed by atoms with Crippen LogP contribution in [0.4, 0.5) is 0 Å². The van der Waals surface area contributed by atoms with Crippen molar-refractivity contribution < 1.29 is 4.42 Å². The van der Waals surface area contributed by atoms with E-state index in [4.69, 9.17) is 16.0 Å². The van der Waals surface area contributed by atoms with E-state index in [2.05, 4.69) is 18.3 Å². The lowest BCUT2D eigenvalue weighted by atomic mass is 9.86. The van der Waals surface area contributed by atoms with Crippen LogP contribution in [0.5, 0.6) is 0 Å². The van der Waals surface area contributed by atoms with Crippen molar-refractivity contribution in [3.05, 3.63) is 35.0 Å². The van der Waals surface area contributed by atoms with Crippen LogP contribution in [0.1, 0.15) is 25.0 Å². The Balaban J connectivity index is 1.99. The summed E-state index contributed by atoms with van der Waals surface area (Å²) >= 11 is 5.99. The molecule has 2 unspecified atom stereocenters. The maximum absolute atomic E-state index is 5.99. The van der Waals surface area contributed by atoms with Gasteiger partial charge in [0.05, 0.1) is 0 Å². The fraction of sp³-hybridized carbons (Fsp3) is 0.429. The molecule has 1 N–H and O–H groups in total. The molecule has 90 valence electrons. The maximum Gasteiger partial charge on any atom is 0.134 e. The van der Waals surface area contributed by atoms with Crippen molar-refractivity contribution in [3.8, 4) is 0 Å². The summed E-state index contributed by atoms with van der Waals surface area (Å²) in [7, 11) is 0. The summed E-state index contributed by atoms with van der Waals surface area (Å²) in [6.07, 6.45) is 1.15. The fourth-order valence-corrected chi connectivity index (χ4v) is 2.83. The van der Waals surface area contributed by atoms with E-state index in [0.717, 1.165) is 41.3 Å². The number of rotatable bonds is 1. The molecule has 3 rings (SSSR count). The number of benzene rings is 1. The Morgan fingerprint density at radius 1 is 1.35 bits per heavy atom. The first-order valence-corrected chi connectivity index (χ1v) is 6.51. The van der Waals surface area contributed by atoms with Crippen molar-refractivity contribution in [1.82, 2.24) is 5.32 Å². The molecule has 2 nitrogen and oxygen atoms in total. The van der Waals surface area contributed by atoms with Crippen LogP contribution in [0.25, 0.3) is 11.0 Å². The standard InChI is InChI=1S/C14H16ClNO/c1-9-8-16-5-4-12(9)14-7-10-6-11(15)2-3-13(10)17-14/h2-3,6-7,9,12,16H,4-5,8H2,1H3. The van der Waals surface area contributed by atoms with Crippen molar-refractivity contribution in [2.24, 2.45) is 5.92 Å². The third-order valence-electron chi connectivity index (χ3n) is 3.65. The topological polar surface area (TPSA) is 25.2 Å². The molecule has 2 heterocycles. The SMILES string of the molecule is CC1CNCCC1c1cc2cc(Cl)ccc2o1. The first-order valence-electron chi connectivity index (χ1n) is 6.14. The quantitative estimate of drug-likeness (QED) is 0.832. The van der Waals surface area contributed by atoms with Gasteiger partial charge in [-0.25, -0.2) is 0 Å². The van der Waals surface area contributed by atoms with Crippen LogP contribution < -0.4 is 5.32 Å². The van der Waals surface area contributed by atoms with Gasteiger partial charge in [0.2, 0.25) is 0 Å². The zero-order valence-electron chi connectivity index (χ0n) is 9.87. The van der Waals surface area contributed by atoms with Gasteiger partial charge in [-0.2, -0.15) is 0 Å². The molecule has 0 amide bonds. The highest BCUT2D eigenvalue weighted by atomic mass is 35.5. The molecular weight excluding hydrogens is 234 g/mol. The van der Waals surface area contributed by atoms with E-state index in [9.17, 15) is 0 Å². The number of piperidine rings is 1. The second-order valence-corrected chi connectivity index (χ2v) is 5.34. The van der Waals surface area contributed by atoms with Crippen LogP contribution in [-0.2, 0) is 0 Å². The van der Waals surface area contributed by atoms with E-state index >= 15 is 0 Å².